The summed E-state index contributed by atoms with van der Waals surface area (Å²) in [5.41, 5.74) is 3.23. The van der Waals surface area contributed by atoms with Gasteiger partial charge in [0.05, 0.1) is 18.2 Å². The number of alkyl halides is 3. The molecule has 0 fully saturated rings. The van der Waals surface area contributed by atoms with Crippen LogP contribution in [0.15, 0.2) is 30.9 Å². The van der Waals surface area contributed by atoms with Crippen LogP contribution in [0.1, 0.15) is 35.5 Å². The summed E-state index contributed by atoms with van der Waals surface area (Å²) >= 11 is 0. The maximum atomic E-state index is 12.6. The van der Waals surface area contributed by atoms with Crippen LogP contribution in [0.4, 0.5) is 19.0 Å². The van der Waals surface area contributed by atoms with E-state index in [0.29, 0.717) is 18.0 Å². The molecule has 0 amide bonds. The van der Waals surface area contributed by atoms with Crippen LogP contribution >= 0.6 is 0 Å². The summed E-state index contributed by atoms with van der Waals surface area (Å²) in [7, 11) is 1.61. The molecule has 1 atom stereocenters. The predicted octanol–water partition coefficient (Wildman–Crippen LogP) is 4.07. The number of nitrogens with one attached hydrogen (secondary N) is 1. The molecule has 0 saturated heterocycles. The maximum absolute atomic E-state index is 12.6. The Bertz CT molecular complexity index is 944. The SMILES string of the molecule is COCc1cc(C)cc2c(N[C@H](C)c3cnc(C(F)(F)F)nc3)ncnc12. The summed E-state index contributed by atoms with van der Waals surface area (Å²) in [6, 6.07) is 3.60. The Hall–Kier alpha value is -2.81. The maximum Gasteiger partial charge on any atom is 0.451 e. The molecule has 0 aliphatic carbocycles. The normalized spacial score (nSPS) is 13.0. The van der Waals surface area contributed by atoms with Gasteiger partial charge in [0.1, 0.15) is 12.1 Å². The number of ether oxygens (including phenoxy) is 1. The zero-order valence-corrected chi connectivity index (χ0v) is 15.0. The molecule has 0 aliphatic rings. The molecule has 0 spiro atoms. The number of aromatic nitrogens is 4. The lowest BCUT2D eigenvalue weighted by Crippen LogP contribution is -2.14. The first kappa shape index (κ1) is 19.0. The monoisotopic (exact) mass is 377 g/mol. The molecule has 0 aliphatic heterocycles. The molecular formula is C18H18F3N5O. The number of halogens is 3. The van der Waals surface area contributed by atoms with E-state index in [1.54, 1.807) is 14.0 Å². The number of methoxy groups -OCH3 is 1. The number of aryl methyl sites for hydroxylation is 1. The molecule has 0 saturated carbocycles. The van der Waals surface area contributed by atoms with Crippen molar-refractivity contribution in [3.63, 3.8) is 0 Å². The zero-order valence-electron chi connectivity index (χ0n) is 15.0. The first-order valence-electron chi connectivity index (χ1n) is 8.18. The van der Waals surface area contributed by atoms with E-state index in [0.717, 1.165) is 22.0 Å². The Kier molecular flexibility index (Phi) is 5.22. The van der Waals surface area contributed by atoms with Gasteiger partial charge in [-0.25, -0.2) is 19.9 Å². The Balaban J connectivity index is 1.92. The van der Waals surface area contributed by atoms with Crippen molar-refractivity contribution >= 4 is 16.7 Å². The lowest BCUT2D eigenvalue weighted by Gasteiger charge is -2.17. The van der Waals surface area contributed by atoms with E-state index in [-0.39, 0.29) is 6.04 Å². The third kappa shape index (κ3) is 4.13. The summed E-state index contributed by atoms with van der Waals surface area (Å²) in [6.45, 7) is 4.17. The molecule has 1 aromatic carbocycles. The van der Waals surface area contributed by atoms with Crippen LogP contribution in [-0.2, 0) is 17.5 Å². The van der Waals surface area contributed by atoms with Crippen LogP contribution in [0.5, 0.6) is 0 Å². The first-order chi connectivity index (χ1) is 12.8. The smallest absolute Gasteiger partial charge is 0.380 e. The molecule has 0 bridgehead atoms. The van der Waals surface area contributed by atoms with Crippen LogP contribution in [0.2, 0.25) is 0 Å². The third-order valence-electron chi connectivity index (χ3n) is 4.04. The molecule has 6 nitrogen and oxygen atoms in total. The van der Waals surface area contributed by atoms with Crippen molar-refractivity contribution in [2.45, 2.75) is 32.7 Å². The van der Waals surface area contributed by atoms with Gasteiger partial charge in [0.25, 0.3) is 0 Å². The van der Waals surface area contributed by atoms with E-state index in [1.807, 2.05) is 19.1 Å². The fraction of sp³-hybridized carbons (Fsp3) is 0.333. The average molecular weight is 377 g/mol. The highest BCUT2D eigenvalue weighted by atomic mass is 19.4. The lowest BCUT2D eigenvalue weighted by atomic mass is 10.1. The minimum absolute atomic E-state index is 0.350. The fourth-order valence-electron chi connectivity index (χ4n) is 2.78. The second-order valence-electron chi connectivity index (χ2n) is 6.18. The molecule has 3 aromatic rings. The van der Waals surface area contributed by atoms with Gasteiger partial charge in [0.2, 0.25) is 5.82 Å². The first-order valence-corrected chi connectivity index (χ1v) is 8.18. The van der Waals surface area contributed by atoms with Gasteiger partial charge < -0.3 is 10.1 Å². The van der Waals surface area contributed by atoms with Crippen molar-refractivity contribution in [3.8, 4) is 0 Å². The van der Waals surface area contributed by atoms with Gasteiger partial charge in [0, 0.05) is 36.0 Å². The Labute approximate surface area is 153 Å². The van der Waals surface area contributed by atoms with Crippen LogP contribution in [0, 0.1) is 6.92 Å². The van der Waals surface area contributed by atoms with Crippen molar-refractivity contribution in [1.29, 1.82) is 0 Å². The largest absolute Gasteiger partial charge is 0.451 e. The number of benzene rings is 1. The summed E-state index contributed by atoms with van der Waals surface area (Å²) in [6.07, 6.45) is -0.792. The quantitative estimate of drug-likeness (QED) is 0.723. The third-order valence-corrected chi connectivity index (χ3v) is 4.04. The molecule has 3 rings (SSSR count). The zero-order chi connectivity index (χ0) is 19.6. The van der Waals surface area contributed by atoms with Crippen molar-refractivity contribution in [2.75, 3.05) is 12.4 Å². The molecule has 142 valence electrons. The fourth-order valence-corrected chi connectivity index (χ4v) is 2.78. The van der Waals surface area contributed by atoms with Crippen LogP contribution in [-0.4, -0.2) is 27.0 Å². The molecule has 0 unspecified atom stereocenters. The Morgan fingerprint density at radius 2 is 1.81 bits per heavy atom. The molecule has 2 aromatic heterocycles. The highest BCUT2D eigenvalue weighted by molar-refractivity contribution is 5.91. The van der Waals surface area contributed by atoms with Gasteiger partial charge in [-0.3, -0.25) is 0 Å². The van der Waals surface area contributed by atoms with Gasteiger partial charge in [-0.2, -0.15) is 13.2 Å². The molecular weight excluding hydrogens is 359 g/mol. The number of rotatable bonds is 5. The second-order valence-corrected chi connectivity index (χ2v) is 6.18. The predicted molar refractivity (Wildman–Crippen MR) is 94.1 cm³/mol. The molecule has 2 heterocycles. The summed E-state index contributed by atoms with van der Waals surface area (Å²) in [5.74, 6) is -0.584. The minimum atomic E-state index is -4.56. The molecule has 27 heavy (non-hydrogen) atoms. The van der Waals surface area contributed by atoms with E-state index in [2.05, 4.69) is 25.3 Å². The number of fused-ring (bicyclic) bond motifs is 1. The van der Waals surface area contributed by atoms with Crippen LogP contribution < -0.4 is 5.32 Å². The lowest BCUT2D eigenvalue weighted by molar-refractivity contribution is -0.145. The Morgan fingerprint density at radius 1 is 1.11 bits per heavy atom. The number of nitrogens with zero attached hydrogens (tertiary/aromatic N) is 4. The standard InChI is InChI=1S/C18H18F3N5O/c1-10-4-12(8-27-3)15-14(5-10)16(25-9-24-15)26-11(2)13-6-22-17(23-7-13)18(19,20)21/h4-7,9,11H,8H2,1-3H3,(H,24,25,26)/t11-/m1/s1. The number of hydrogen-bond acceptors (Lipinski definition) is 6. The minimum Gasteiger partial charge on any atom is -0.380 e. The van der Waals surface area contributed by atoms with Crippen molar-refractivity contribution in [1.82, 2.24) is 19.9 Å². The van der Waals surface area contributed by atoms with Crippen molar-refractivity contribution < 1.29 is 17.9 Å². The van der Waals surface area contributed by atoms with E-state index < -0.39 is 12.0 Å². The van der Waals surface area contributed by atoms with E-state index in [1.165, 1.54) is 18.7 Å². The molecule has 9 heteroatoms. The number of hydrogen-bond donors (Lipinski definition) is 1. The van der Waals surface area contributed by atoms with Gasteiger partial charge >= 0.3 is 6.18 Å². The highest BCUT2D eigenvalue weighted by Gasteiger charge is 2.34. The average Bonchev–Trinajstić information content (AvgIpc) is 2.62. The van der Waals surface area contributed by atoms with E-state index in [9.17, 15) is 13.2 Å². The number of anilines is 1. The second kappa shape index (κ2) is 7.43. The Morgan fingerprint density at radius 3 is 2.44 bits per heavy atom. The van der Waals surface area contributed by atoms with Gasteiger partial charge in [-0.15, -0.1) is 0 Å². The molecule has 1 N–H and O–H groups in total. The summed E-state index contributed by atoms with van der Waals surface area (Å²) in [4.78, 5) is 15.4. The van der Waals surface area contributed by atoms with E-state index >= 15 is 0 Å². The van der Waals surface area contributed by atoms with Crippen LogP contribution in [0.3, 0.4) is 0 Å². The molecule has 0 radical (unpaired) electrons. The summed E-state index contributed by atoms with van der Waals surface area (Å²) in [5, 5.41) is 4.01. The van der Waals surface area contributed by atoms with Crippen molar-refractivity contribution in [3.05, 3.63) is 53.4 Å². The van der Waals surface area contributed by atoms with Gasteiger partial charge in [0.15, 0.2) is 0 Å². The van der Waals surface area contributed by atoms with Crippen LogP contribution in [0.25, 0.3) is 10.9 Å². The van der Waals surface area contributed by atoms with Crippen molar-refractivity contribution in [2.24, 2.45) is 0 Å². The van der Waals surface area contributed by atoms with Gasteiger partial charge in [-0.1, -0.05) is 6.07 Å². The summed E-state index contributed by atoms with van der Waals surface area (Å²) < 4.78 is 43.1. The topological polar surface area (TPSA) is 72.8 Å². The highest BCUT2D eigenvalue weighted by Crippen LogP contribution is 2.29. The van der Waals surface area contributed by atoms with E-state index in [4.69, 9.17) is 4.74 Å². The van der Waals surface area contributed by atoms with Gasteiger partial charge in [-0.05, 0) is 25.5 Å².